The molecule has 1 N–H and O–H groups in total. The number of rotatable bonds is 3. The molecule has 1 atom stereocenters. The predicted molar refractivity (Wildman–Crippen MR) is 124 cm³/mol. The van der Waals surface area contributed by atoms with Gasteiger partial charge in [0.15, 0.2) is 0 Å². The quantitative estimate of drug-likeness (QED) is 0.651. The summed E-state index contributed by atoms with van der Waals surface area (Å²) in [5.41, 5.74) is 3.26. The van der Waals surface area contributed by atoms with Gasteiger partial charge in [0, 0.05) is 29.0 Å². The van der Waals surface area contributed by atoms with Crippen molar-refractivity contribution in [2.75, 3.05) is 0 Å². The van der Waals surface area contributed by atoms with Crippen molar-refractivity contribution >= 4 is 17.9 Å². The van der Waals surface area contributed by atoms with Crippen LogP contribution in [-0.4, -0.2) is 33.3 Å². The monoisotopic (exact) mass is 453 g/mol. The molecule has 3 heterocycles. The largest absolute Gasteiger partial charge is 0.358 e. The molecule has 7 heteroatoms. The minimum absolute atomic E-state index is 0.177. The van der Waals surface area contributed by atoms with Crippen LogP contribution in [0.1, 0.15) is 69.4 Å². The predicted octanol–water partition coefficient (Wildman–Crippen LogP) is 5.55. The Morgan fingerprint density at radius 1 is 1.09 bits per heavy atom. The molecular formula is C25H29ClFN5. The van der Waals surface area contributed by atoms with Crippen LogP contribution in [0.5, 0.6) is 0 Å². The molecule has 0 amide bonds. The van der Waals surface area contributed by atoms with Crippen LogP contribution in [0, 0.1) is 11.7 Å². The number of halogens is 2. The van der Waals surface area contributed by atoms with Crippen LogP contribution in [0.25, 0.3) is 0 Å². The third-order valence-electron chi connectivity index (χ3n) is 7.91. The van der Waals surface area contributed by atoms with Crippen molar-refractivity contribution in [2.45, 2.75) is 75.8 Å². The summed E-state index contributed by atoms with van der Waals surface area (Å²) >= 11 is 6.40. The van der Waals surface area contributed by atoms with Gasteiger partial charge in [-0.25, -0.2) is 9.40 Å². The van der Waals surface area contributed by atoms with Gasteiger partial charge in [-0.05, 0) is 81.1 Å². The Bertz CT molecular complexity index is 1020. The molecule has 1 unspecified atom stereocenters. The van der Waals surface area contributed by atoms with Crippen molar-refractivity contribution in [3.8, 4) is 0 Å². The second-order valence-corrected chi connectivity index (χ2v) is 10.2. The third-order valence-corrected chi connectivity index (χ3v) is 8.20. The molecule has 5 aliphatic rings. The molecule has 0 saturated heterocycles. The van der Waals surface area contributed by atoms with Crippen molar-refractivity contribution in [1.29, 1.82) is 0 Å². The fraction of sp³-hybridized carbons (Fsp3) is 0.520. The van der Waals surface area contributed by atoms with Gasteiger partial charge in [-0.15, -0.1) is 0 Å². The van der Waals surface area contributed by atoms with Gasteiger partial charge in [0.1, 0.15) is 18.0 Å². The van der Waals surface area contributed by atoms with E-state index in [-0.39, 0.29) is 11.7 Å². The van der Waals surface area contributed by atoms with E-state index in [1.165, 1.54) is 36.6 Å². The van der Waals surface area contributed by atoms with Gasteiger partial charge < -0.3 is 10.2 Å². The zero-order valence-electron chi connectivity index (χ0n) is 18.2. The smallest absolute Gasteiger partial charge is 0.147 e. The van der Waals surface area contributed by atoms with Gasteiger partial charge in [-0.2, -0.15) is 5.10 Å². The number of nitrogens with one attached hydrogen (secondary N) is 1. The van der Waals surface area contributed by atoms with Crippen molar-refractivity contribution in [3.05, 3.63) is 64.2 Å². The molecule has 2 saturated carbocycles. The van der Waals surface area contributed by atoms with Gasteiger partial charge in [-0.3, -0.25) is 4.98 Å². The fourth-order valence-corrected chi connectivity index (χ4v) is 6.21. The number of allylic oxidation sites excluding steroid dienone is 2. The molecule has 0 radical (unpaired) electrons. The molecule has 1 aromatic rings. The van der Waals surface area contributed by atoms with Crippen molar-refractivity contribution in [3.63, 3.8) is 0 Å². The Morgan fingerprint density at radius 3 is 2.69 bits per heavy atom. The normalized spacial score (nSPS) is 30.1. The summed E-state index contributed by atoms with van der Waals surface area (Å²) in [5.74, 6) is 1.82. The van der Waals surface area contributed by atoms with Crippen LogP contribution in [0.4, 0.5) is 4.39 Å². The third kappa shape index (κ3) is 3.43. The second kappa shape index (κ2) is 8.22. The molecule has 5 nitrogen and oxygen atoms in total. The topological polar surface area (TPSA) is 43.8 Å². The number of hydrogen-bond donors (Lipinski definition) is 1. The maximum atomic E-state index is 14.2. The minimum Gasteiger partial charge on any atom is -0.358 e. The van der Waals surface area contributed by atoms with E-state index in [1.54, 1.807) is 12.3 Å². The first-order valence-electron chi connectivity index (χ1n) is 12.0. The lowest BCUT2D eigenvalue weighted by Crippen LogP contribution is -2.44. The van der Waals surface area contributed by atoms with Gasteiger partial charge in [0.05, 0.1) is 17.8 Å². The molecule has 0 spiro atoms. The Morgan fingerprint density at radius 2 is 1.94 bits per heavy atom. The molecule has 168 valence electrons. The molecule has 0 bridgehead atoms. The van der Waals surface area contributed by atoms with Crippen molar-refractivity contribution in [1.82, 2.24) is 20.2 Å². The molecule has 2 fully saturated rings. The summed E-state index contributed by atoms with van der Waals surface area (Å²) < 4.78 is 14.2. The van der Waals surface area contributed by atoms with Crippen LogP contribution in [0.3, 0.4) is 0 Å². The van der Waals surface area contributed by atoms with E-state index in [9.17, 15) is 4.39 Å². The zero-order chi connectivity index (χ0) is 21.7. The Hall–Kier alpha value is -2.34. The highest BCUT2D eigenvalue weighted by molar-refractivity contribution is 6.29. The lowest BCUT2D eigenvalue weighted by molar-refractivity contribution is 0.146. The maximum Gasteiger partial charge on any atom is 0.147 e. The fourth-order valence-electron chi connectivity index (χ4n) is 6.01. The van der Waals surface area contributed by atoms with E-state index in [2.05, 4.69) is 32.5 Å². The molecule has 32 heavy (non-hydrogen) atoms. The van der Waals surface area contributed by atoms with Gasteiger partial charge in [0.2, 0.25) is 0 Å². The van der Waals surface area contributed by atoms with Crippen molar-refractivity contribution < 1.29 is 4.39 Å². The second-order valence-electron chi connectivity index (χ2n) is 9.67. The van der Waals surface area contributed by atoms with E-state index < -0.39 is 0 Å². The first-order chi connectivity index (χ1) is 15.7. The summed E-state index contributed by atoms with van der Waals surface area (Å²) in [7, 11) is 0. The maximum absolute atomic E-state index is 14.2. The zero-order valence-corrected chi connectivity index (χ0v) is 18.9. The molecular weight excluding hydrogens is 425 g/mol. The number of hydrazone groups is 1. The van der Waals surface area contributed by atoms with Crippen molar-refractivity contribution in [2.24, 2.45) is 11.0 Å². The number of hydrogen-bond acceptors (Lipinski definition) is 5. The molecule has 1 aromatic heterocycles. The van der Waals surface area contributed by atoms with Crippen LogP contribution < -0.4 is 5.32 Å². The molecule has 0 aromatic carbocycles. The summed E-state index contributed by atoms with van der Waals surface area (Å²) in [6.45, 7) is 0. The highest BCUT2D eigenvalue weighted by Crippen LogP contribution is 2.44. The lowest BCUT2D eigenvalue weighted by atomic mass is 9.74. The van der Waals surface area contributed by atoms with E-state index in [0.29, 0.717) is 23.7 Å². The highest BCUT2D eigenvalue weighted by Gasteiger charge is 2.42. The summed E-state index contributed by atoms with van der Waals surface area (Å²) in [6, 6.07) is 3.87. The SMILES string of the molecule is Fc1cccnc1[C@H]1CC[C@H](N2N=CN3C2=CNC2=C(CCC(Cl)=C2)C3C2CCC2)CC1. The Kier molecular flexibility index (Phi) is 5.21. The summed E-state index contributed by atoms with van der Waals surface area (Å²) in [6.07, 6.45) is 17.6. The van der Waals surface area contributed by atoms with Crippen LogP contribution >= 0.6 is 11.6 Å². The van der Waals surface area contributed by atoms with E-state index in [0.717, 1.165) is 49.4 Å². The number of pyridine rings is 1. The minimum atomic E-state index is -0.177. The van der Waals surface area contributed by atoms with E-state index >= 15 is 0 Å². The van der Waals surface area contributed by atoms with E-state index in [1.807, 2.05) is 6.34 Å². The van der Waals surface area contributed by atoms with Crippen LogP contribution in [0.15, 0.2) is 57.8 Å². The van der Waals surface area contributed by atoms with Gasteiger partial charge >= 0.3 is 0 Å². The van der Waals surface area contributed by atoms with Crippen LogP contribution in [-0.2, 0) is 0 Å². The average molecular weight is 454 g/mol. The number of nitrogens with zero attached hydrogens (tertiary/aromatic N) is 4. The number of fused-ring (bicyclic) bond motifs is 1. The average Bonchev–Trinajstić information content (AvgIpc) is 3.12. The van der Waals surface area contributed by atoms with E-state index in [4.69, 9.17) is 16.7 Å². The Labute approximate surface area is 193 Å². The van der Waals surface area contributed by atoms with Crippen LogP contribution in [0.2, 0.25) is 0 Å². The first kappa shape index (κ1) is 20.3. The molecule has 2 aliphatic heterocycles. The Balaban J connectivity index is 1.22. The van der Waals surface area contributed by atoms with Gasteiger partial charge in [-0.1, -0.05) is 18.0 Å². The molecule has 6 rings (SSSR count). The number of aromatic nitrogens is 1. The lowest BCUT2D eigenvalue weighted by Gasteiger charge is -2.42. The summed E-state index contributed by atoms with van der Waals surface area (Å²) in [4.78, 5) is 6.73. The highest BCUT2D eigenvalue weighted by atomic mass is 35.5. The standard InChI is InChI=1S/C25H29ClFN5/c26-18-8-11-20-22(13-18)29-14-23-31(25(20)17-3-1-4-17)15-30-32(23)19-9-6-16(7-10-19)24-21(27)5-2-12-28-24/h2,5,12-17,19,25,29H,1,3-4,6-11H2/t16-,19-,25?. The van der Waals surface area contributed by atoms with Gasteiger partial charge in [0.25, 0.3) is 0 Å². The first-order valence-corrected chi connectivity index (χ1v) is 12.3. The molecule has 3 aliphatic carbocycles. The summed E-state index contributed by atoms with van der Waals surface area (Å²) in [5, 5.41) is 11.6.